The first-order valence-corrected chi connectivity index (χ1v) is 6.20. The Hall–Kier alpha value is -1.89. The van der Waals surface area contributed by atoms with E-state index in [0.717, 1.165) is 23.7 Å². The molecule has 0 bridgehead atoms. The van der Waals surface area contributed by atoms with Crippen molar-refractivity contribution in [1.29, 1.82) is 0 Å². The molecule has 0 radical (unpaired) electrons. The summed E-state index contributed by atoms with van der Waals surface area (Å²) in [7, 11) is 0. The van der Waals surface area contributed by atoms with Crippen LogP contribution in [0, 0.1) is 0 Å². The molecule has 0 fully saturated rings. The molecule has 1 aliphatic carbocycles. The molecule has 4 nitrogen and oxygen atoms in total. The minimum Gasteiger partial charge on any atom is -0.388 e. The lowest BCUT2D eigenvalue weighted by Crippen LogP contribution is -2.09. The highest BCUT2D eigenvalue weighted by Gasteiger charge is 2.32. The summed E-state index contributed by atoms with van der Waals surface area (Å²) in [6.07, 6.45) is -0.685. The molecule has 20 heavy (non-hydrogen) atoms. The summed E-state index contributed by atoms with van der Waals surface area (Å²) in [5.74, 6) is 0. The molecule has 106 valence electrons. The van der Waals surface area contributed by atoms with Crippen LogP contribution in [-0.4, -0.2) is 19.9 Å². The second-order valence-corrected chi connectivity index (χ2v) is 4.81. The third-order valence-electron chi connectivity index (χ3n) is 3.44. The Morgan fingerprint density at radius 1 is 1.30 bits per heavy atom. The zero-order valence-corrected chi connectivity index (χ0v) is 10.4. The Morgan fingerprint density at radius 2 is 2.10 bits per heavy atom. The van der Waals surface area contributed by atoms with E-state index in [1.165, 1.54) is 12.3 Å². The number of nitrogens with zero attached hydrogens (tertiary/aromatic N) is 3. The molecule has 0 spiro atoms. The molecule has 0 saturated heterocycles. The zero-order valence-electron chi connectivity index (χ0n) is 10.4. The molecule has 1 aliphatic rings. The van der Waals surface area contributed by atoms with Gasteiger partial charge in [-0.25, -0.2) is 0 Å². The van der Waals surface area contributed by atoms with Gasteiger partial charge in [0.25, 0.3) is 0 Å². The molecule has 0 aromatic carbocycles. The van der Waals surface area contributed by atoms with Crippen molar-refractivity contribution in [3.63, 3.8) is 0 Å². The number of fused-ring (bicyclic) bond motifs is 1. The van der Waals surface area contributed by atoms with Gasteiger partial charge in [-0.15, -0.1) is 0 Å². The van der Waals surface area contributed by atoms with E-state index in [4.69, 9.17) is 0 Å². The van der Waals surface area contributed by atoms with Gasteiger partial charge in [0.15, 0.2) is 0 Å². The number of alkyl halides is 3. The summed E-state index contributed by atoms with van der Waals surface area (Å²) < 4.78 is 38.9. The molecule has 0 amide bonds. The maximum absolute atomic E-state index is 12.4. The smallest absolute Gasteiger partial charge is 0.388 e. The first-order chi connectivity index (χ1) is 9.45. The predicted molar refractivity (Wildman–Crippen MR) is 63.8 cm³/mol. The Morgan fingerprint density at radius 3 is 2.75 bits per heavy atom. The molecule has 0 saturated carbocycles. The second-order valence-electron chi connectivity index (χ2n) is 4.81. The minimum absolute atomic E-state index is 0.354. The van der Waals surface area contributed by atoms with Gasteiger partial charge in [-0.1, -0.05) is 6.07 Å². The molecular weight excluding hydrogens is 271 g/mol. The van der Waals surface area contributed by atoms with Crippen molar-refractivity contribution in [2.45, 2.75) is 31.7 Å². The van der Waals surface area contributed by atoms with Crippen LogP contribution >= 0.6 is 0 Å². The highest BCUT2D eigenvalue weighted by Crippen LogP contribution is 2.31. The lowest BCUT2D eigenvalue weighted by Gasteiger charge is -2.08. The molecule has 2 heterocycles. The molecule has 0 aliphatic heterocycles. The van der Waals surface area contributed by atoms with Crippen LogP contribution in [0.2, 0.25) is 0 Å². The van der Waals surface area contributed by atoms with Crippen molar-refractivity contribution in [3.8, 4) is 0 Å². The standard InChI is InChI=1S/C13H12F3N3O/c14-13(15,16)12-4-1-8(5-17-12)7-19-10-2-3-11(20)9(10)6-18-19/h1,4-6,11,20H,2-3,7H2. The number of hydrogen-bond donors (Lipinski definition) is 1. The van der Waals surface area contributed by atoms with Crippen molar-refractivity contribution in [2.75, 3.05) is 0 Å². The average molecular weight is 283 g/mol. The molecule has 1 N–H and O–H groups in total. The summed E-state index contributed by atoms with van der Waals surface area (Å²) in [6, 6.07) is 2.36. The summed E-state index contributed by atoms with van der Waals surface area (Å²) in [6.45, 7) is 0.354. The SMILES string of the molecule is OC1CCc2c1cnn2Cc1ccc(C(F)(F)F)nc1. The molecule has 2 aromatic rings. The van der Waals surface area contributed by atoms with Gasteiger partial charge < -0.3 is 5.11 Å². The Balaban J connectivity index is 1.81. The van der Waals surface area contributed by atoms with E-state index in [9.17, 15) is 18.3 Å². The Bertz CT molecular complexity index is 619. The molecule has 2 aromatic heterocycles. The summed E-state index contributed by atoms with van der Waals surface area (Å²) in [4.78, 5) is 3.42. The van der Waals surface area contributed by atoms with Gasteiger partial charge in [-0.3, -0.25) is 9.67 Å². The second kappa shape index (κ2) is 4.59. The van der Waals surface area contributed by atoms with Gasteiger partial charge in [0.05, 0.1) is 18.8 Å². The molecule has 1 unspecified atom stereocenters. The van der Waals surface area contributed by atoms with Crippen LogP contribution in [0.25, 0.3) is 0 Å². The van der Waals surface area contributed by atoms with Crippen molar-refractivity contribution in [2.24, 2.45) is 0 Å². The number of rotatable bonds is 2. The molecule has 1 atom stereocenters. The summed E-state index contributed by atoms with van der Waals surface area (Å²) in [5.41, 5.74) is 1.50. The lowest BCUT2D eigenvalue weighted by atomic mass is 10.2. The van der Waals surface area contributed by atoms with Crippen molar-refractivity contribution in [1.82, 2.24) is 14.8 Å². The van der Waals surface area contributed by atoms with Gasteiger partial charge in [-0.05, 0) is 24.5 Å². The summed E-state index contributed by atoms with van der Waals surface area (Å²) in [5, 5.41) is 13.9. The molecule has 3 rings (SSSR count). The fraction of sp³-hybridized carbons (Fsp3) is 0.385. The van der Waals surface area contributed by atoms with Crippen molar-refractivity contribution >= 4 is 0 Å². The van der Waals surface area contributed by atoms with Crippen LogP contribution in [0.15, 0.2) is 24.5 Å². The van der Waals surface area contributed by atoms with E-state index in [-0.39, 0.29) is 0 Å². The average Bonchev–Trinajstić information content (AvgIpc) is 2.94. The fourth-order valence-electron chi connectivity index (χ4n) is 2.40. The monoisotopic (exact) mass is 283 g/mol. The van der Waals surface area contributed by atoms with Gasteiger partial charge in [0, 0.05) is 17.5 Å². The first kappa shape index (κ1) is 13.1. The fourth-order valence-corrected chi connectivity index (χ4v) is 2.40. The molecule has 7 heteroatoms. The summed E-state index contributed by atoms with van der Waals surface area (Å²) >= 11 is 0. The van der Waals surface area contributed by atoms with Crippen molar-refractivity contribution < 1.29 is 18.3 Å². The largest absolute Gasteiger partial charge is 0.433 e. The number of pyridine rings is 1. The van der Waals surface area contributed by atoms with E-state index in [1.807, 2.05) is 0 Å². The maximum Gasteiger partial charge on any atom is 0.433 e. The Labute approximate surface area is 112 Å². The highest BCUT2D eigenvalue weighted by molar-refractivity contribution is 5.27. The van der Waals surface area contributed by atoms with Crippen LogP contribution < -0.4 is 0 Å². The van der Waals surface area contributed by atoms with Crippen LogP contribution in [0.5, 0.6) is 0 Å². The quantitative estimate of drug-likeness (QED) is 0.920. The van der Waals surface area contributed by atoms with Crippen molar-refractivity contribution in [3.05, 3.63) is 47.0 Å². The van der Waals surface area contributed by atoms with Gasteiger partial charge in [-0.2, -0.15) is 18.3 Å². The van der Waals surface area contributed by atoms with Gasteiger partial charge >= 0.3 is 6.18 Å². The highest BCUT2D eigenvalue weighted by atomic mass is 19.4. The third-order valence-corrected chi connectivity index (χ3v) is 3.44. The number of aromatic nitrogens is 3. The van der Waals surface area contributed by atoms with E-state index in [0.29, 0.717) is 18.5 Å². The normalized spacial score (nSPS) is 18.3. The van der Waals surface area contributed by atoms with Gasteiger partial charge in [0.1, 0.15) is 5.69 Å². The van der Waals surface area contributed by atoms with Crippen LogP contribution in [0.4, 0.5) is 13.2 Å². The lowest BCUT2D eigenvalue weighted by molar-refractivity contribution is -0.141. The van der Waals surface area contributed by atoms with Crippen LogP contribution in [0.1, 0.15) is 35.0 Å². The molecular formula is C13H12F3N3O. The number of aliphatic hydroxyl groups is 1. The maximum atomic E-state index is 12.4. The topological polar surface area (TPSA) is 50.9 Å². The van der Waals surface area contributed by atoms with E-state index >= 15 is 0 Å². The van der Waals surface area contributed by atoms with Crippen LogP contribution in [0.3, 0.4) is 0 Å². The predicted octanol–water partition coefficient (Wildman–Crippen LogP) is 2.32. The minimum atomic E-state index is -4.42. The van der Waals surface area contributed by atoms with E-state index < -0.39 is 18.0 Å². The van der Waals surface area contributed by atoms with E-state index in [1.54, 1.807) is 10.9 Å². The zero-order chi connectivity index (χ0) is 14.3. The van der Waals surface area contributed by atoms with Crippen LogP contribution in [-0.2, 0) is 19.1 Å². The third kappa shape index (κ3) is 2.29. The number of hydrogen-bond acceptors (Lipinski definition) is 3. The van der Waals surface area contributed by atoms with E-state index in [2.05, 4.69) is 10.1 Å². The first-order valence-electron chi connectivity index (χ1n) is 6.20. The number of aliphatic hydroxyl groups excluding tert-OH is 1. The Kier molecular flexibility index (Phi) is 3.01. The van der Waals surface area contributed by atoms with Gasteiger partial charge in [0.2, 0.25) is 0 Å². The number of halogens is 3.